The highest BCUT2D eigenvalue weighted by Crippen LogP contribution is 2.57. The van der Waals surface area contributed by atoms with E-state index in [0.29, 0.717) is 30.7 Å². The van der Waals surface area contributed by atoms with Crippen LogP contribution in [0.15, 0.2) is 4.99 Å². The molecule has 0 amide bonds. The Morgan fingerprint density at radius 2 is 2.15 bits per heavy atom. The number of guanidine groups is 1. The van der Waals surface area contributed by atoms with Crippen molar-refractivity contribution in [1.82, 2.24) is 10.6 Å². The smallest absolute Gasteiger partial charge is 0.191 e. The van der Waals surface area contributed by atoms with Gasteiger partial charge in [0.15, 0.2) is 5.96 Å². The molecule has 0 heterocycles. The summed E-state index contributed by atoms with van der Waals surface area (Å²) in [4.78, 5) is 4.55. The quantitative estimate of drug-likeness (QED) is 0.423. The number of methoxy groups -OCH3 is 1. The molecule has 5 nitrogen and oxygen atoms in total. The summed E-state index contributed by atoms with van der Waals surface area (Å²) >= 11 is 0. The molecule has 0 bridgehead atoms. The molecule has 2 N–H and O–H groups in total. The Labute approximate surface area is 122 Å². The predicted molar refractivity (Wildman–Crippen MR) is 81.1 cm³/mol. The van der Waals surface area contributed by atoms with Crippen molar-refractivity contribution < 1.29 is 9.47 Å². The van der Waals surface area contributed by atoms with E-state index in [-0.39, 0.29) is 0 Å². The van der Waals surface area contributed by atoms with E-state index >= 15 is 0 Å². The lowest BCUT2D eigenvalue weighted by molar-refractivity contribution is -0.168. The molecule has 2 aliphatic carbocycles. The molecule has 5 heteroatoms. The molecule has 2 rings (SSSR count). The molecule has 2 unspecified atom stereocenters. The highest BCUT2D eigenvalue weighted by molar-refractivity contribution is 5.80. The van der Waals surface area contributed by atoms with E-state index in [1.54, 1.807) is 7.11 Å². The second kappa shape index (κ2) is 7.27. The summed E-state index contributed by atoms with van der Waals surface area (Å²) in [6.07, 6.45) is 5.45. The van der Waals surface area contributed by atoms with Gasteiger partial charge < -0.3 is 20.1 Å². The summed E-state index contributed by atoms with van der Waals surface area (Å²) in [6, 6.07) is 0.508. The van der Waals surface area contributed by atoms with Crippen LogP contribution in [0.3, 0.4) is 0 Å². The topological polar surface area (TPSA) is 54.9 Å². The Morgan fingerprint density at radius 1 is 1.35 bits per heavy atom. The second-order valence-corrected chi connectivity index (χ2v) is 5.72. The van der Waals surface area contributed by atoms with E-state index in [2.05, 4.69) is 29.5 Å². The maximum absolute atomic E-state index is 5.89. The van der Waals surface area contributed by atoms with Gasteiger partial charge in [-0.05, 0) is 33.1 Å². The minimum Gasteiger partial charge on any atom is -0.383 e. The Hall–Kier alpha value is -0.810. The highest BCUT2D eigenvalue weighted by Gasteiger charge is 2.59. The normalized spacial score (nSPS) is 27.9. The third-order valence-electron chi connectivity index (χ3n) is 4.66. The van der Waals surface area contributed by atoms with Crippen LogP contribution in [0.2, 0.25) is 0 Å². The van der Waals surface area contributed by atoms with Crippen LogP contribution in [0.1, 0.15) is 39.5 Å². The first-order valence-corrected chi connectivity index (χ1v) is 7.92. The van der Waals surface area contributed by atoms with Gasteiger partial charge in [0.25, 0.3) is 0 Å². The lowest BCUT2D eigenvalue weighted by Crippen LogP contribution is -2.68. The van der Waals surface area contributed by atoms with Gasteiger partial charge in [0, 0.05) is 31.7 Å². The second-order valence-electron chi connectivity index (χ2n) is 5.72. The van der Waals surface area contributed by atoms with Gasteiger partial charge in [-0.1, -0.05) is 6.42 Å². The lowest BCUT2D eigenvalue weighted by Gasteiger charge is -2.61. The van der Waals surface area contributed by atoms with E-state index in [1.165, 1.54) is 19.3 Å². The fourth-order valence-corrected chi connectivity index (χ4v) is 3.37. The van der Waals surface area contributed by atoms with Crippen LogP contribution < -0.4 is 10.6 Å². The maximum atomic E-state index is 5.89. The van der Waals surface area contributed by atoms with Crippen molar-refractivity contribution >= 4 is 5.96 Å². The number of aliphatic imine (C=N–C) groups is 1. The van der Waals surface area contributed by atoms with Crippen molar-refractivity contribution in [2.24, 2.45) is 10.4 Å². The van der Waals surface area contributed by atoms with Crippen LogP contribution in [-0.2, 0) is 9.47 Å². The van der Waals surface area contributed by atoms with E-state index in [0.717, 1.165) is 25.5 Å². The summed E-state index contributed by atoms with van der Waals surface area (Å²) in [5.74, 6) is 0.913. The zero-order chi connectivity index (χ0) is 14.4. The van der Waals surface area contributed by atoms with Crippen LogP contribution in [0.4, 0.5) is 0 Å². The molecule has 0 saturated heterocycles. The molecule has 2 aliphatic rings. The number of hydrogen-bond donors (Lipinski definition) is 2. The monoisotopic (exact) mass is 283 g/mol. The van der Waals surface area contributed by atoms with Crippen molar-refractivity contribution in [1.29, 1.82) is 0 Å². The van der Waals surface area contributed by atoms with Crippen LogP contribution >= 0.6 is 0 Å². The minimum atomic E-state index is 0.369. The van der Waals surface area contributed by atoms with Crippen LogP contribution in [-0.4, -0.2) is 51.5 Å². The van der Waals surface area contributed by atoms with Gasteiger partial charge in [0.05, 0.1) is 19.3 Å². The summed E-state index contributed by atoms with van der Waals surface area (Å²) in [6.45, 7) is 7.24. The average Bonchev–Trinajstić information content (AvgIpc) is 2.35. The number of hydrogen-bond acceptors (Lipinski definition) is 3. The number of ether oxygens (including phenoxy) is 2. The number of nitrogens with one attached hydrogen (secondary N) is 2. The van der Waals surface area contributed by atoms with Gasteiger partial charge in [0.2, 0.25) is 0 Å². The summed E-state index contributed by atoms with van der Waals surface area (Å²) in [5.41, 5.74) is 0.369. The zero-order valence-electron chi connectivity index (χ0n) is 13.1. The van der Waals surface area contributed by atoms with Crippen LogP contribution in [0.25, 0.3) is 0 Å². The molecule has 0 aliphatic heterocycles. The first-order valence-electron chi connectivity index (χ1n) is 7.92. The third kappa shape index (κ3) is 3.09. The van der Waals surface area contributed by atoms with Crippen molar-refractivity contribution in [3.05, 3.63) is 0 Å². The van der Waals surface area contributed by atoms with E-state index < -0.39 is 0 Å². The molecule has 0 aromatic heterocycles. The molecule has 0 aromatic rings. The fraction of sp³-hybridized carbons (Fsp3) is 0.933. The highest BCUT2D eigenvalue weighted by atomic mass is 16.5. The number of nitrogens with zero attached hydrogens (tertiary/aromatic N) is 1. The third-order valence-corrected chi connectivity index (χ3v) is 4.66. The summed E-state index contributed by atoms with van der Waals surface area (Å²) in [5, 5.41) is 6.91. The summed E-state index contributed by atoms with van der Waals surface area (Å²) < 4.78 is 10.9. The van der Waals surface area contributed by atoms with E-state index in [4.69, 9.17) is 9.47 Å². The van der Waals surface area contributed by atoms with Crippen molar-refractivity contribution in [2.45, 2.75) is 51.7 Å². The zero-order valence-corrected chi connectivity index (χ0v) is 13.1. The maximum Gasteiger partial charge on any atom is 0.191 e. The first-order chi connectivity index (χ1) is 9.76. The molecule has 1 spiro atoms. The van der Waals surface area contributed by atoms with Gasteiger partial charge >= 0.3 is 0 Å². The minimum absolute atomic E-state index is 0.369. The van der Waals surface area contributed by atoms with Gasteiger partial charge in [-0.2, -0.15) is 0 Å². The van der Waals surface area contributed by atoms with Gasteiger partial charge in [0.1, 0.15) is 0 Å². The summed E-state index contributed by atoms with van der Waals surface area (Å²) in [7, 11) is 1.71. The molecule has 2 fully saturated rings. The first kappa shape index (κ1) is 15.6. The molecule has 2 saturated carbocycles. The molecule has 0 aromatic carbocycles. The Kier molecular flexibility index (Phi) is 5.66. The Morgan fingerprint density at radius 3 is 2.70 bits per heavy atom. The Bertz CT molecular complexity index is 329. The SMILES string of the molecule is CCNC(=NCCOC)NC1CC(OCC)C12CCC2. The van der Waals surface area contributed by atoms with E-state index in [1.807, 2.05) is 0 Å². The molecule has 20 heavy (non-hydrogen) atoms. The molecular formula is C15H29N3O2. The molecule has 116 valence electrons. The van der Waals surface area contributed by atoms with Crippen LogP contribution in [0.5, 0.6) is 0 Å². The average molecular weight is 283 g/mol. The van der Waals surface area contributed by atoms with Gasteiger partial charge in [-0.15, -0.1) is 0 Å². The largest absolute Gasteiger partial charge is 0.383 e. The fourth-order valence-electron chi connectivity index (χ4n) is 3.37. The Balaban J connectivity index is 1.89. The lowest BCUT2D eigenvalue weighted by atomic mass is 9.51. The molecule has 2 atom stereocenters. The van der Waals surface area contributed by atoms with Gasteiger partial charge in [-0.25, -0.2) is 0 Å². The van der Waals surface area contributed by atoms with Crippen molar-refractivity contribution in [3.63, 3.8) is 0 Å². The van der Waals surface area contributed by atoms with Crippen molar-refractivity contribution in [3.8, 4) is 0 Å². The molecular weight excluding hydrogens is 254 g/mol. The standard InChI is InChI=1S/C15H29N3O2/c1-4-16-14(17-9-10-19-3)18-12-11-13(20-5-2)15(12)7-6-8-15/h12-13H,4-11H2,1-3H3,(H2,16,17,18). The number of rotatable bonds is 7. The molecule has 0 radical (unpaired) electrons. The van der Waals surface area contributed by atoms with Crippen LogP contribution in [0, 0.1) is 5.41 Å². The van der Waals surface area contributed by atoms with Crippen molar-refractivity contribution in [2.75, 3.05) is 33.4 Å². The predicted octanol–water partition coefficient (Wildman–Crippen LogP) is 1.54. The van der Waals surface area contributed by atoms with E-state index in [9.17, 15) is 0 Å². The van der Waals surface area contributed by atoms with Gasteiger partial charge in [-0.3, -0.25) is 4.99 Å².